The van der Waals surface area contributed by atoms with Crippen LogP contribution < -0.4 is 4.74 Å². The zero-order valence-electron chi connectivity index (χ0n) is 16.2. The number of carbonyl (C=O) groups excluding carboxylic acids is 1. The van der Waals surface area contributed by atoms with Crippen molar-refractivity contribution in [2.45, 2.75) is 17.9 Å². The summed E-state index contributed by atoms with van der Waals surface area (Å²) < 4.78 is 37.2. The Balaban J connectivity index is 1.75. The van der Waals surface area contributed by atoms with Crippen LogP contribution in [-0.4, -0.2) is 69.0 Å². The van der Waals surface area contributed by atoms with Crippen LogP contribution in [0.5, 0.6) is 5.75 Å². The van der Waals surface area contributed by atoms with Crippen LogP contribution in [0.25, 0.3) is 0 Å². The van der Waals surface area contributed by atoms with E-state index in [4.69, 9.17) is 9.47 Å². The number of benzene rings is 1. The first-order chi connectivity index (χ1) is 13.3. The average Bonchev–Trinajstić information content (AvgIpc) is 3.24. The van der Waals surface area contributed by atoms with Gasteiger partial charge in [-0.2, -0.15) is 4.31 Å². The topological polar surface area (TPSA) is 91.9 Å². The van der Waals surface area contributed by atoms with Crippen LogP contribution in [0.15, 0.2) is 41.4 Å². The minimum atomic E-state index is -3.64. The lowest BCUT2D eigenvalue weighted by atomic mass is 10.1. The number of hydrogen-bond acceptors (Lipinski definition) is 5. The van der Waals surface area contributed by atoms with E-state index in [1.165, 1.54) is 16.6 Å². The number of hydrogen-bond donors (Lipinski definition) is 1. The van der Waals surface area contributed by atoms with Gasteiger partial charge < -0.3 is 19.4 Å². The molecule has 1 aromatic heterocycles. The van der Waals surface area contributed by atoms with E-state index < -0.39 is 10.0 Å². The van der Waals surface area contributed by atoms with Crippen LogP contribution in [0.3, 0.4) is 0 Å². The van der Waals surface area contributed by atoms with Gasteiger partial charge in [0, 0.05) is 26.3 Å². The summed E-state index contributed by atoms with van der Waals surface area (Å²) in [4.78, 5) is 17.3. The molecule has 2 aromatic rings. The number of methoxy groups -OCH3 is 1. The Morgan fingerprint density at radius 2 is 1.89 bits per heavy atom. The van der Waals surface area contributed by atoms with Gasteiger partial charge in [0.1, 0.15) is 16.3 Å². The van der Waals surface area contributed by atoms with Crippen molar-refractivity contribution in [2.24, 2.45) is 0 Å². The van der Waals surface area contributed by atoms with E-state index in [1.807, 2.05) is 31.2 Å². The maximum atomic E-state index is 12.8. The molecule has 152 valence electrons. The molecule has 3 rings (SSSR count). The predicted octanol–water partition coefficient (Wildman–Crippen LogP) is 1.88. The van der Waals surface area contributed by atoms with Gasteiger partial charge in [-0.3, -0.25) is 4.79 Å². The van der Waals surface area contributed by atoms with Crippen LogP contribution in [-0.2, 0) is 14.8 Å². The quantitative estimate of drug-likeness (QED) is 0.789. The Morgan fingerprint density at radius 3 is 2.50 bits per heavy atom. The molecular weight excluding hydrogens is 382 g/mol. The highest BCUT2D eigenvalue weighted by Crippen LogP contribution is 2.24. The van der Waals surface area contributed by atoms with Crippen molar-refractivity contribution in [1.29, 1.82) is 0 Å². The first-order valence-corrected chi connectivity index (χ1v) is 10.5. The highest BCUT2D eigenvalue weighted by atomic mass is 32.2. The van der Waals surface area contributed by atoms with Gasteiger partial charge in [0.05, 0.1) is 26.4 Å². The van der Waals surface area contributed by atoms with Crippen LogP contribution in [0.4, 0.5) is 0 Å². The Kier molecular flexibility index (Phi) is 6.07. The lowest BCUT2D eigenvalue weighted by Crippen LogP contribution is -2.40. The third-order valence-electron chi connectivity index (χ3n) is 4.99. The lowest BCUT2D eigenvalue weighted by Gasteiger charge is -2.25. The van der Waals surface area contributed by atoms with E-state index in [1.54, 1.807) is 19.1 Å². The molecule has 1 saturated heterocycles. The summed E-state index contributed by atoms with van der Waals surface area (Å²) in [5.41, 5.74) is 1.18. The number of sulfonamides is 1. The molecule has 0 saturated carbocycles. The predicted molar refractivity (Wildman–Crippen MR) is 104 cm³/mol. The fraction of sp³-hybridized carbons (Fsp3) is 0.421. The number of morpholine rings is 1. The van der Waals surface area contributed by atoms with E-state index in [2.05, 4.69) is 4.98 Å². The zero-order chi connectivity index (χ0) is 20.3. The highest BCUT2D eigenvalue weighted by molar-refractivity contribution is 7.89. The largest absolute Gasteiger partial charge is 0.497 e. The van der Waals surface area contributed by atoms with E-state index in [9.17, 15) is 13.2 Å². The summed E-state index contributed by atoms with van der Waals surface area (Å²) in [5.74, 6) is 0.457. The van der Waals surface area contributed by atoms with Gasteiger partial charge in [-0.05, 0) is 30.7 Å². The third-order valence-corrected chi connectivity index (χ3v) is 6.87. The first kappa shape index (κ1) is 20.4. The molecule has 1 amide bonds. The maximum Gasteiger partial charge on any atom is 0.270 e. The number of rotatable bonds is 6. The van der Waals surface area contributed by atoms with Crippen molar-refractivity contribution in [3.8, 4) is 5.75 Å². The average molecular weight is 407 g/mol. The Labute approximate surface area is 165 Å². The number of nitrogens with one attached hydrogen (secondary N) is 1. The second kappa shape index (κ2) is 8.34. The van der Waals surface area contributed by atoms with Crippen LogP contribution >= 0.6 is 0 Å². The van der Waals surface area contributed by atoms with Crippen molar-refractivity contribution in [3.63, 3.8) is 0 Å². The standard InChI is InChI=1S/C19H25N3O5S/c1-14(15-4-6-16(26-3)7-5-15)21(2)19(23)18-12-17(13-20-18)28(24,25)22-8-10-27-11-9-22/h4-7,12-14,20H,8-11H2,1-3H3. The van der Waals surface area contributed by atoms with Gasteiger partial charge in [-0.15, -0.1) is 0 Å². The Bertz CT molecular complexity index is 917. The lowest BCUT2D eigenvalue weighted by molar-refractivity contribution is 0.0729. The van der Waals surface area contributed by atoms with E-state index in [-0.39, 0.29) is 22.5 Å². The molecular formula is C19H25N3O5S. The van der Waals surface area contributed by atoms with Crippen molar-refractivity contribution < 1.29 is 22.7 Å². The molecule has 9 heteroatoms. The molecule has 2 heterocycles. The molecule has 1 atom stereocenters. The fourth-order valence-corrected chi connectivity index (χ4v) is 4.46. The molecule has 8 nitrogen and oxygen atoms in total. The third kappa shape index (κ3) is 4.06. The van der Waals surface area contributed by atoms with Crippen molar-refractivity contribution in [1.82, 2.24) is 14.2 Å². The molecule has 1 unspecified atom stereocenters. The van der Waals surface area contributed by atoms with Gasteiger partial charge in [-0.1, -0.05) is 12.1 Å². The summed E-state index contributed by atoms with van der Waals surface area (Å²) >= 11 is 0. The first-order valence-electron chi connectivity index (χ1n) is 9.02. The minimum absolute atomic E-state index is 0.0863. The molecule has 0 aliphatic carbocycles. The normalized spacial score (nSPS) is 16.5. The number of aromatic nitrogens is 1. The maximum absolute atomic E-state index is 12.8. The Morgan fingerprint density at radius 1 is 1.25 bits per heavy atom. The number of H-pyrrole nitrogens is 1. The van der Waals surface area contributed by atoms with Crippen molar-refractivity contribution in [3.05, 3.63) is 47.8 Å². The smallest absolute Gasteiger partial charge is 0.270 e. The van der Waals surface area contributed by atoms with Gasteiger partial charge in [0.15, 0.2) is 0 Å². The Hall–Kier alpha value is -2.36. The second-order valence-electron chi connectivity index (χ2n) is 6.63. The number of nitrogens with zero attached hydrogens (tertiary/aromatic N) is 2. The van der Waals surface area contributed by atoms with Crippen LogP contribution in [0.1, 0.15) is 29.0 Å². The number of amides is 1. The number of carbonyl (C=O) groups is 1. The molecule has 1 fully saturated rings. The van der Waals surface area contributed by atoms with Crippen LogP contribution in [0.2, 0.25) is 0 Å². The van der Waals surface area contributed by atoms with E-state index >= 15 is 0 Å². The van der Waals surface area contributed by atoms with Gasteiger partial charge in [0.25, 0.3) is 5.91 Å². The molecule has 28 heavy (non-hydrogen) atoms. The van der Waals surface area contributed by atoms with E-state index in [0.29, 0.717) is 26.3 Å². The minimum Gasteiger partial charge on any atom is -0.497 e. The number of aromatic amines is 1. The van der Waals surface area contributed by atoms with Gasteiger partial charge in [0.2, 0.25) is 10.0 Å². The zero-order valence-corrected chi connectivity index (χ0v) is 17.0. The summed E-state index contributed by atoms with van der Waals surface area (Å²) in [6, 6.07) is 8.68. The summed E-state index contributed by atoms with van der Waals surface area (Å²) in [7, 11) is -0.355. The molecule has 0 spiro atoms. The number of ether oxygens (including phenoxy) is 2. The van der Waals surface area contributed by atoms with Gasteiger partial charge in [-0.25, -0.2) is 8.42 Å². The molecule has 1 aliphatic heterocycles. The molecule has 1 aromatic carbocycles. The van der Waals surface area contributed by atoms with Crippen LogP contribution in [0, 0.1) is 0 Å². The monoisotopic (exact) mass is 407 g/mol. The van der Waals surface area contributed by atoms with Gasteiger partial charge >= 0.3 is 0 Å². The highest BCUT2D eigenvalue weighted by Gasteiger charge is 2.29. The van der Waals surface area contributed by atoms with Crippen molar-refractivity contribution >= 4 is 15.9 Å². The molecule has 0 bridgehead atoms. The summed E-state index contributed by atoms with van der Waals surface area (Å²) in [6.45, 7) is 3.28. The fourth-order valence-electron chi connectivity index (χ4n) is 3.05. The summed E-state index contributed by atoms with van der Waals surface area (Å²) in [5, 5.41) is 0. The molecule has 0 radical (unpaired) electrons. The molecule has 1 N–H and O–H groups in total. The van der Waals surface area contributed by atoms with Crippen molar-refractivity contribution in [2.75, 3.05) is 40.5 Å². The SMILES string of the molecule is COc1ccc(C(C)N(C)C(=O)c2cc(S(=O)(=O)N3CCOCC3)c[nH]2)cc1. The summed E-state index contributed by atoms with van der Waals surface area (Å²) in [6.07, 6.45) is 1.36. The van der Waals surface area contributed by atoms with E-state index in [0.717, 1.165) is 11.3 Å². The molecule has 1 aliphatic rings. The second-order valence-corrected chi connectivity index (χ2v) is 8.57.